The number of aliphatic hydroxyl groups excluding tert-OH is 2. The molecule has 0 aromatic rings. The number of aliphatic hydroxyl groups is 2. The Morgan fingerprint density at radius 2 is 1.26 bits per heavy atom. The van der Waals surface area contributed by atoms with Gasteiger partial charge in [0.25, 0.3) is 0 Å². The van der Waals surface area contributed by atoms with Crippen molar-refractivity contribution in [3.05, 3.63) is 46.5 Å². The first-order valence-electron chi connectivity index (χ1n) is 5.32. The lowest BCUT2D eigenvalue weighted by Crippen LogP contribution is -2.41. The third kappa shape index (κ3) is 3.35. The van der Waals surface area contributed by atoms with Crippen molar-refractivity contribution in [1.82, 2.24) is 0 Å². The Balaban J connectivity index is 2.29. The van der Waals surface area contributed by atoms with E-state index in [1.165, 1.54) is 24.3 Å². The van der Waals surface area contributed by atoms with Gasteiger partial charge in [-0.2, -0.15) is 0 Å². The first kappa shape index (κ1) is 15.8. The van der Waals surface area contributed by atoms with Crippen LogP contribution in [0.5, 0.6) is 0 Å². The molecule has 4 unspecified atom stereocenters. The van der Waals surface area contributed by atoms with E-state index in [9.17, 15) is 10.2 Å². The molecule has 2 nitrogen and oxygen atoms in total. The number of alkyl halides is 2. The maximum atomic E-state index is 9.99. The van der Waals surface area contributed by atoms with Crippen molar-refractivity contribution in [1.29, 1.82) is 0 Å². The van der Waals surface area contributed by atoms with Gasteiger partial charge in [-0.25, -0.2) is 0 Å². The van der Waals surface area contributed by atoms with E-state index in [1.54, 1.807) is 12.2 Å². The van der Waals surface area contributed by atoms with Gasteiger partial charge in [0.2, 0.25) is 0 Å². The molecule has 0 aliphatic heterocycles. The summed E-state index contributed by atoms with van der Waals surface area (Å²) >= 11 is 25.5. The summed E-state index contributed by atoms with van der Waals surface area (Å²) in [5, 5.41) is 20.8. The largest absolute Gasteiger partial charge is 0.386 e. The molecular weight excluding hydrogens is 350 g/mol. The van der Waals surface area contributed by atoms with Gasteiger partial charge in [0.1, 0.15) is 20.6 Å². The molecule has 0 saturated heterocycles. The van der Waals surface area contributed by atoms with Crippen molar-refractivity contribution in [3.8, 4) is 0 Å². The SMILES string of the molecule is OC1C=CC(Cl)=CC1(Cl)SC1(Cl)C=C(Cl)C=CC1O. The minimum atomic E-state index is -1.27. The van der Waals surface area contributed by atoms with Gasteiger partial charge in [0.15, 0.2) is 0 Å². The summed E-state index contributed by atoms with van der Waals surface area (Å²) in [5.41, 5.74) is 0. The van der Waals surface area contributed by atoms with Crippen LogP contribution in [0.1, 0.15) is 0 Å². The van der Waals surface area contributed by atoms with Crippen molar-refractivity contribution in [3.63, 3.8) is 0 Å². The molecule has 2 rings (SSSR count). The maximum absolute atomic E-state index is 9.99. The minimum absolute atomic E-state index is 0.393. The molecule has 4 atom stereocenters. The smallest absolute Gasteiger partial charge is 0.141 e. The van der Waals surface area contributed by atoms with Crippen LogP contribution >= 0.6 is 58.2 Å². The summed E-state index contributed by atoms with van der Waals surface area (Å²) in [6, 6.07) is 0. The van der Waals surface area contributed by atoms with E-state index >= 15 is 0 Å². The van der Waals surface area contributed by atoms with Crippen molar-refractivity contribution >= 4 is 58.2 Å². The molecule has 19 heavy (non-hydrogen) atoms. The van der Waals surface area contributed by atoms with Crippen LogP contribution in [-0.2, 0) is 0 Å². The fraction of sp³-hybridized carbons (Fsp3) is 0.333. The Kier molecular flexibility index (Phi) is 4.69. The molecule has 0 aromatic heterocycles. The van der Waals surface area contributed by atoms with Crippen LogP contribution in [0.2, 0.25) is 0 Å². The van der Waals surface area contributed by atoms with Crippen molar-refractivity contribution in [2.45, 2.75) is 20.6 Å². The van der Waals surface area contributed by atoms with Gasteiger partial charge in [0, 0.05) is 10.1 Å². The summed E-state index contributed by atoms with van der Waals surface area (Å²) in [6.07, 6.45) is 7.05. The molecule has 7 heteroatoms. The normalized spacial score (nSPS) is 42.0. The monoisotopic (exact) mass is 358 g/mol. The topological polar surface area (TPSA) is 40.5 Å². The molecule has 2 aliphatic carbocycles. The molecule has 2 N–H and O–H groups in total. The zero-order valence-electron chi connectivity index (χ0n) is 9.43. The second-order valence-corrected chi connectivity index (χ2v) is 8.29. The van der Waals surface area contributed by atoms with Crippen LogP contribution < -0.4 is 0 Å². The summed E-state index contributed by atoms with van der Waals surface area (Å²) in [6.45, 7) is 0. The predicted molar refractivity (Wildman–Crippen MR) is 82.9 cm³/mol. The van der Waals surface area contributed by atoms with E-state index in [0.717, 1.165) is 11.8 Å². The average molecular weight is 360 g/mol. The highest BCUT2D eigenvalue weighted by Crippen LogP contribution is 2.52. The molecule has 0 fully saturated rings. The zero-order valence-corrected chi connectivity index (χ0v) is 13.3. The van der Waals surface area contributed by atoms with Crippen molar-refractivity contribution < 1.29 is 10.2 Å². The quantitative estimate of drug-likeness (QED) is 0.738. The molecule has 0 aromatic carbocycles. The summed E-state index contributed by atoms with van der Waals surface area (Å²) in [5.74, 6) is 0. The van der Waals surface area contributed by atoms with E-state index in [1.807, 2.05) is 0 Å². The Morgan fingerprint density at radius 3 is 1.63 bits per heavy atom. The fourth-order valence-corrected chi connectivity index (χ4v) is 4.94. The van der Waals surface area contributed by atoms with Crippen molar-refractivity contribution in [2.24, 2.45) is 0 Å². The summed E-state index contributed by atoms with van der Waals surface area (Å²) < 4.78 is -2.54. The van der Waals surface area contributed by atoms with Gasteiger partial charge in [-0.15, -0.1) is 11.8 Å². The minimum Gasteiger partial charge on any atom is -0.386 e. The highest BCUT2D eigenvalue weighted by molar-refractivity contribution is 8.04. The number of halogens is 4. The van der Waals surface area contributed by atoms with Crippen LogP contribution in [0.3, 0.4) is 0 Å². The molecule has 2 aliphatic rings. The molecule has 0 spiro atoms. The highest BCUT2D eigenvalue weighted by Gasteiger charge is 2.46. The third-order valence-corrected chi connectivity index (χ3v) is 5.61. The molecule has 0 radical (unpaired) electrons. The van der Waals surface area contributed by atoms with Crippen LogP contribution in [-0.4, -0.2) is 30.8 Å². The third-order valence-electron chi connectivity index (χ3n) is 2.66. The van der Waals surface area contributed by atoms with Gasteiger partial charge in [0.05, 0.1) is 0 Å². The van der Waals surface area contributed by atoms with Crippen molar-refractivity contribution in [2.75, 3.05) is 0 Å². The first-order chi connectivity index (χ1) is 8.75. The predicted octanol–water partition coefficient (Wildman–Crippen LogP) is 3.70. The number of hydrogen-bond donors (Lipinski definition) is 2. The van der Waals surface area contributed by atoms with E-state index in [0.29, 0.717) is 10.1 Å². The Morgan fingerprint density at radius 1 is 0.895 bits per heavy atom. The van der Waals surface area contributed by atoms with E-state index < -0.39 is 20.6 Å². The van der Waals surface area contributed by atoms with Gasteiger partial charge in [-0.3, -0.25) is 0 Å². The molecule has 0 amide bonds. The number of thioether (sulfide) groups is 1. The Hall–Kier alpha value is 0.390. The standard InChI is InChI=1S/C12H10Cl4O2S/c13-7-1-3-9(17)11(15,5-7)19-12(16)6-8(14)2-4-10(12)18/h1-6,9-10,17-18H. The molecule has 104 valence electrons. The number of allylic oxidation sites excluding steroid dienone is 4. The lowest BCUT2D eigenvalue weighted by molar-refractivity contribution is 0.210. The highest BCUT2D eigenvalue weighted by atomic mass is 35.5. The first-order valence-corrected chi connectivity index (χ1v) is 7.65. The molecule has 0 saturated carbocycles. The fourth-order valence-electron chi connectivity index (χ4n) is 1.69. The Labute approximate surface area is 135 Å². The number of rotatable bonds is 2. The zero-order chi connectivity index (χ0) is 14.3. The Bertz CT molecular complexity index is 458. The average Bonchev–Trinajstić information content (AvgIpc) is 2.29. The van der Waals surface area contributed by atoms with Gasteiger partial charge in [-0.05, 0) is 24.3 Å². The summed E-state index contributed by atoms with van der Waals surface area (Å²) in [4.78, 5) is 0. The lowest BCUT2D eigenvalue weighted by Gasteiger charge is -2.38. The van der Waals surface area contributed by atoms with Crippen LogP contribution in [0, 0.1) is 0 Å². The second kappa shape index (κ2) is 5.64. The second-order valence-electron chi connectivity index (χ2n) is 4.16. The van der Waals surface area contributed by atoms with E-state index in [-0.39, 0.29) is 0 Å². The molecule has 0 bridgehead atoms. The van der Waals surface area contributed by atoms with Crippen LogP contribution in [0.25, 0.3) is 0 Å². The lowest BCUT2D eigenvalue weighted by atomic mass is 10.1. The molecular formula is C12H10Cl4O2S. The number of hydrogen-bond acceptors (Lipinski definition) is 3. The summed E-state index contributed by atoms with van der Waals surface area (Å²) in [7, 11) is 0. The van der Waals surface area contributed by atoms with E-state index in [4.69, 9.17) is 46.4 Å². The van der Waals surface area contributed by atoms with Gasteiger partial charge >= 0.3 is 0 Å². The van der Waals surface area contributed by atoms with E-state index in [2.05, 4.69) is 0 Å². The van der Waals surface area contributed by atoms with Crippen LogP contribution in [0.15, 0.2) is 46.5 Å². The maximum Gasteiger partial charge on any atom is 0.141 e. The van der Waals surface area contributed by atoms with Crippen LogP contribution in [0.4, 0.5) is 0 Å². The molecule has 0 heterocycles. The van der Waals surface area contributed by atoms with Gasteiger partial charge < -0.3 is 10.2 Å². The van der Waals surface area contributed by atoms with Gasteiger partial charge in [-0.1, -0.05) is 58.6 Å².